The molecule has 78 valence electrons. The molecule has 1 heteroatoms. The fraction of sp³-hybridized carbons (Fsp3) is 0. The average Bonchev–Trinajstić information content (AvgIpc) is 2.43. The van der Waals surface area contributed by atoms with Crippen molar-refractivity contribution in [3.8, 4) is 104 Å². The Kier molecular flexibility index (Phi) is 10.5. The van der Waals surface area contributed by atoms with E-state index < -0.39 is 16.2 Å². The van der Waals surface area contributed by atoms with Crippen molar-refractivity contribution in [1.82, 2.24) is 0 Å². The predicted molar refractivity (Wildman–Crippen MR) is 78.9 cm³/mol. The molecule has 0 atom stereocenters. The predicted octanol–water partition coefficient (Wildman–Crippen LogP) is 0.0188. The molecule has 0 saturated heterocycles. The van der Waals surface area contributed by atoms with Crippen LogP contribution in [-0.2, 0) is 0 Å². The van der Waals surface area contributed by atoms with Gasteiger partial charge >= 0.3 is 120 Å². The van der Waals surface area contributed by atoms with E-state index >= 15 is 0 Å². The van der Waals surface area contributed by atoms with E-state index in [1.165, 1.54) is 0 Å². The summed E-state index contributed by atoms with van der Waals surface area (Å²) in [7, 11) is 0. The van der Waals surface area contributed by atoms with Gasteiger partial charge < -0.3 is 0 Å². The Morgan fingerprint density at radius 1 is 0.421 bits per heavy atom. The van der Waals surface area contributed by atoms with E-state index in [1.807, 2.05) is 0 Å². The monoisotopic (exact) mass is 288 g/mol. The second-order valence-corrected chi connectivity index (χ2v) is 6.06. The van der Waals surface area contributed by atoms with E-state index in [4.69, 9.17) is 19.3 Å². The van der Waals surface area contributed by atoms with Gasteiger partial charge in [0, 0.05) is 0 Å². The first kappa shape index (κ1) is 15.7. The third-order valence-electron chi connectivity index (χ3n) is 1.24. The quantitative estimate of drug-likeness (QED) is 0.436. The zero-order valence-corrected chi connectivity index (χ0v) is 12.2. The maximum atomic E-state index is 4.97. The summed E-state index contributed by atoms with van der Waals surface area (Å²) in [6.45, 7) is 0. The van der Waals surface area contributed by atoms with Gasteiger partial charge in [-0.25, -0.2) is 0 Å². The minimum absolute atomic E-state index is 2.16. The van der Waals surface area contributed by atoms with E-state index in [2.05, 4.69) is 84.5 Å². The molecule has 0 aliphatic rings. The second kappa shape index (κ2) is 12.7. The van der Waals surface area contributed by atoms with Gasteiger partial charge in [0.2, 0.25) is 0 Å². The number of hydrogen-bond acceptors (Lipinski definition) is 0. The normalized spacial score (nSPS) is 4.26. The van der Waals surface area contributed by atoms with Crippen LogP contribution >= 0.6 is 0 Å². The summed E-state index contributed by atoms with van der Waals surface area (Å²) in [6, 6.07) is 0. The molecule has 0 bridgehead atoms. The molecule has 0 heterocycles. The van der Waals surface area contributed by atoms with Crippen LogP contribution in [0.15, 0.2) is 0 Å². The van der Waals surface area contributed by atoms with E-state index in [0.29, 0.717) is 0 Å². The molecule has 0 radical (unpaired) electrons. The summed E-state index contributed by atoms with van der Waals surface area (Å²) in [5, 5.41) is 0. The molecule has 0 saturated carbocycles. The van der Waals surface area contributed by atoms with E-state index in [9.17, 15) is 0 Å². The average molecular weight is 289 g/mol. The minimum atomic E-state index is -2.45. The molecule has 0 rings (SSSR count). The van der Waals surface area contributed by atoms with Gasteiger partial charge in [-0.05, 0) is 0 Å². The van der Waals surface area contributed by atoms with Crippen molar-refractivity contribution in [2.24, 2.45) is 0 Å². The summed E-state index contributed by atoms with van der Waals surface area (Å²) in [6.07, 6.45) is 14.9. The van der Waals surface area contributed by atoms with E-state index in [1.54, 1.807) is 0 Å². The summed E-state index contributed by atoms with van der Waals surface area (Å²) < 4.78 is 8.67. The molecule has 0 aromatic carbocycles. The van der Waals surface area contributed by atoms with Crippen molar-refractivity contribution in [2.45, 2.75) is 0 Å². The first-order chi connectivity index (χ1) is 9.35. The molecular weight excluding hydrogens is 286 g/mol. The van der Waals surface area contributed by atoms with Crippen LogP contribution in [0.3, 0.4) is 0 Å². The van der Waals surface area contributed by atoms with Gasteiger partial charge in [0.15, 0.2) is 0 Å². The van der Waals surface area contributed by atoms with Gasteiger partial charge in [-0.1, -0.05) is 0 Å². The van der Waals surface area contributed by atoms with Crippen molar-refractivity contribution >= 4 is 16.2 Å². The van der Waals surface area contributed by atoms with Gasteiger partial charge in [0.1, 0.15) is 0 Å². The number of hydrogen-bond donors (Lipinski definition) is 0. The third-order valence-corrected chi connectivity index (χ3v) is 3.97. The molecule has 0 amide bonds. The Labute approximate surface area is 120 Å². The Bertz CT molecular complexity index is 707. The summed E-state index contributed by atoms with van der Waals surface area (Å²) in [5.74, 6) is 29.0. The molecule has 0 aromatic rings. The standard InChI is InChI=1S/3C6H.Ga/c3*1-3-5-6-4-2;/h3*1H;. The summed E-state index contributed by atoms with van der Waals surface area (Å²) in [4.78, 5) is 0. The molecule has 0 spiro atoms. The maximum absolute atomic E-state index is 4.97. The van der Waals surface area contributed by atoms with Crippen LogP contribution in [0.25, 0.3) is 0 Å². The zero-order chi connectivity index (χ0) is 14.2. The van der Waals surface area contributed by atoms with Crippen molar-refractivity contribution < 1.29 is 0 Å². The van der Waals surface area contributed by atoms with Crippen LogP contribution in [0, 0.1) is 104 Å². The first-order valence-corrected chi connectivity index (χ1v) is 8.37. The van der Waals surface area contributed by atoms with Gasteiger partial charge in [-0.3, -0.25) is 0 Å². The third kappa shape index (κ3) is 10.9. The van der Waals surface area contributed by atoms with Gasteiger partial charge in [-0.15, -0.1) is 0 Å². The topological polar surface area (TPSA) is 0 Å². The molecule has 0 N–H and O–H groups in total. The number of rotatable bonds is 0. The van der Waals surface area contributed by atoms with Crippen molar-refractivity contribution in [3.05, 3.63) is 0 Å². The fourth-order valence-corrected chi connectivity index (χ4v) is 2.45. The fourth-order valence-electron chi connectivity index (χ4n) is 0.635. The van der Waals surface area contributed by atoms with Crippen molar-refractivity contribution in [3.63, 3.8) is 0 Å². The van der Waals surface area contributed by atoms with Crippen molar-refractivity contribution in [2.75, 3.05) is 0 Å². The van der Waals surface area contributed by atoms with E-state index in [-0.39, 0.29) is 0 Å². The second-order valence-electron chi connectivity index (χ2n) is 2.42. The molecule has 0 unspecified atom stereocenters. The van der Waals surface area contributed by atoms with Crippen LogP contribution in [0.1, 0.15) is 0 Å². The summed E-state index contributed by atoms with van der Waals surface area (Å²) in [5.41, 5.74) is 0. The van der Waals surface area contributed by atoms with Crippen LogP contribution in [-0.4, -0.2) is 16.2 Å². The van der Waals surface area contributed by atoms with Gasteiger partial charge in [0.25, 0.3) is 0 Å². The first-order valence-electron chi connectivity index (χ1n) is 4.73. The van der Waals surface area contributed by atoms with Crippen LogP contribution < -0.4 is 0 Å². The van der Waals surface area contributed by atoms with Crippen LogP contribution in [0.5, 0.6) is 0 Å². The zero-order valence-electron chi connectivity index (χ0n) is 9.81. The van der Waals surface area contributed by atoms with Gasteiger partial charge in [0.05, 0.1) is 0 Å². The molecular formula is C18H3Ga. The molecule has 19 heavy (non-hydrogen) atoms. The molecule has 0 fully saturated rings. The Hall–Kier alpha value is -3.32. The Morgan fingerprint density at radius 2 is 0.737 bits per heavy atom. The Balaban J connectivity index is 5.12. The van der Waals surface area contributed by atoms with Crippen molar-refractivity contribution in [1.29, 1.82) is 0 Å². The SMILES string of the molecule is C#CC#CC#[C][Ga]([C]#CC#CC#C)[C]#CC#CC#C. The molecule has 0 aliphatic heterocycles. The number of terminal acetylenes is 3. The molecule has 0 aromatic heterocycles. The van der Waals surface area contributed by atoms with E-state index in [0.717, 1.165) is 0 Å². The van der Waals surface area contributed by atoms with Crippen LogP contribution in [0.2, 0.25) is 0 Å². The van der Waals surface area contributed by atoms with Gasteiger partial charge in [-0.2, -0.15) is 0 Å². The molecule has 0 aliphatic carbocycles. The summed E-state index contributed by atoms with van der Waals surface area (Å²) >= 11 is -2.45. The Morgan fingerprint density at radius 3 is 1.00 bits per heavy atom. The van der Waals surface area contributed by atoms with Crippen LogP contribution in [0.4, 0.5) is 0 Å². The molecule has 0 nitrogen and oxygen atoms in total.